The van der Waals surface area contributed by atoms with Gasteiger partial charge in [-0.3, -0.25) is 14.9 Å². The van der Waals surface area contributed by atoms with Crippen molar-refractivity contribution in [3.63, 3.8) is 0 Å². The second-order valence-corrected chi connectivity index (χ2v) is 13.8. The number of hydrogen-bond donors (Lipinski definition) is 2. The Kier molecular flexibility index (Phi) is 6.82. The SMILES string of the molecule is O=C(NS(=O)(=O)c1ccc(NCC23CC4CC(CC(C4)C2)C3)c([N+](=O)[O-])c1)c1ccc(-c2ccc(Cl)cc2)cc1. The van der Waals surface area contributed by atoms with Crippen LogP contribution in [0.25, 0.3) is 11.1 Å². The van der Waals surface area contributed by atoms with E-state index in [1.54, 1.807) is 24.3 Å². The number of carbonyl (C=O) groups is 1. The molecule has 3 aromatic rings. The number of nitro benzene ring substituents is 1. The van der Waals surface area contributed by atoms with Crippen molar-refractivity contribution >= 4 is 38.9 Å². The summed E-state index contributed by atoms with van der Waals surface area (Å²) in [4.78, 5) is 23.7. The largest absolute Gasteiger partial charge is 0.379 e. The minimum Gasteiger partial charge on any atom is -0.379 e. The van der Waals surface area contributed by atoms with E-state index in [1.165, 1.54) is 43.5 Å². The van der Waals surface area contributed by atoms with Crippen molar-refractivity contribution in [2.75, 3.05) is 11.9 Å². The predicted molar refractivity (Wildman–Crippen MR) is 154 cm³/mol. The van der Waals surface area contributed by atoms with Crippen molar-refractivity contribution in [1.29, 1.82) is 0 Å². The normalized spacial score (nSPS) is 25.0. The third-order valence-electron chi connectivity index (χ3n) is 8.85. The minimum atomic E-state index is -4.35. The molecule has 1 amide bonds. The van der Waals surface area contributed by atoms with E-state index in [1.807, 2.05) is 16.9 Å². The maximum atomic E-state index is 13.0. The molecule has 0 saturated heterocycles. The summed E-state index contributed by atoms with van der Waals surface area (Å²) in [6, 6.07) is 17.4. The number of nitro groups is 1. The third-order valence-corrected chi connectivity index (χ3v) is 10.4. The quantitative estimate of drug-likeness (QED) is 0.227. The van der Waals surface area contributed by atoms with Crippen LogP contribution in [0.3, 0.4) is 0 Å². The Morgan fingerprint density at radius 3 is 2.00 bits per heavy atom. The summed E-state index contributed by atoms with van der Waals surface area (Å²) in [5, 5.41) is 15.8. The summed E-state index contributed by atoms with van der Waals surface area (Å²) in [6.07, 6.45) is 7.38. The predicted octanol–water partition coefficient (Wildman–Crippen LogP) is 6.66. The van der Waals surface area contributed by atoms with Gasteiger partial charge in [0, 0.05) is 23.2 Å². The van der Waals surface area contributed by atoms with Gasteiger partial charge in [0.1, 0.15) is 5.69 Å². The molecule has 10 heteroatoms. The number of nitrogens with zero attached hydrogens (tertiary/aromatic N) is 1. The third kappa shape index (κ3) is 5.32. The van der Waals surface area contributed by atoms with Gasteiger partial charge < -0.3 is 5.32 Å². The summed E-state index contributed by atoms with van der Waals surface area (Å²) in [5.74, 6) is 1.45. The molecule has 2 N–H and O–H groups in total. The van der Waals surface area contributed by atoms with Crippen molar-refractivity contribution in [2.24, 2.45) is 23.2 Å². The van der Waals surface area contributed by atoms with Crippen LogP contribution in [0.15, 0.2) is 71.6 Å². The van der Waals surface area contributed by atoms with E-state index < -0.39 is 20.9 Å². The zero-order valence-electron chi connectivity index (χ0n) is 21.8. The lowest BCUT2D eigenvalue weighted by Gasteiger charge is -2.57. The van der Waals surface area contributed by atoms with E-state index in [0.717, 1.165) is 54.2 Å². The van der Waals surface area contributed by atoms with Gasteiger partial charge in [-0.05, 0) is 109 Å². The smallest absolute Gasteiger partial charge is 0.293 e. The molecule has 3 aromatic carbocycles. The van der Waals surface area contributed by atoms with Gasteiger partial charge in [0.15, 0.2) is 0 Å². The molecule has 0 atom stereocenters. The zero-order valence-corrected chi connectivity index (χ0v) is 23.4. The lowest BCUT2D eigenvalue weighted by Crippen LogP contribution is -2.49. The molecular weight excluding hydrogens is 550 g/mol. The number of carbonyl (C=O) groups excluding carboxylic acids is 1. The van der Waals surface area contributed by atoms with E-state index in [2.05, 4.69) is 5.32 Å². The molecule has 7 rings (SSSR count). The molecule has 8 nitrogen and oxygen atoms in total. The molecule has 40 heavy (non-hydrogen) atoms. The molecule has 4 aliphatic carbocycles. The van der Waals surface area contributed by atoms with Gasteiger partial charge in [-0.25, -0.2) is 13.1 Å². The number of halogens is 1. The molecule has 4 fully saturated rings. The van der Waals surface area contributed by atoms with E-state index in [9.17, 15) is 23.3 Å². The number of benzene rings is 3. The molecular formula is C30H30ClN3O5S. The summed E-state index contributed by atoms with van der Waals surface area (Å²) in [5.41, 5.74) is 2.00. The van der Waals surface area contributed by atoms with Gasteiger partial charge in [0.05, 0.1) is 9.82 Å². The molecule has 0 aromatic heterocycles. The van der Waals surface area contributed by atoms with Crippen LogP contribution in [0.4, 0.5) is 11.4 Å². The Labute approximate surface area is 238 Å². The fourth-order valence-corrected chi connectivity index (χ4v) is 8.58. The van der Waals surface area contributed by atoms with Gasteiger partial charge in [-0.1, -0.05) is 35.9 Å². The van der Waals surface area contributed by atoms with Crippen molar-refractivity contribution in [1.82, 2.24) is 4.72 Å². The highest BCUT2D eigenvalue weighted by Gasteiger charge is 2.50. The molecule has 0 heterocycles. The number of rotatable bonds is 8. The molecule has 0 unspecified atom stereocenters. The van der Waals surface area contributed by atoms with Crippen LogP contribution < -0.4 is 10.0 Å². The fraction of sp³-hybridized carbons (Fsp3) is 0.367. The molecule has 4 aliphatic rings. The lowest BCUT2D eigenvalue weighted by atomic mass is 9.49. The van der Waals surface area contributed by atoms with E-state index >= 15 is 0 Å². The van der Waals surface area contributed by atoms with Crippen molar-refractivity contribution in [2.45, 2.75) is 43.4 Å². The molecule has 0 radical (unpaired) electrons. The summed E-state index contributed by atoms with van der Waals surface area (Å²) >= 11 is 5.94. The number of anilines is 1. The number of hydrogen-bond acceptors (Lipinski definition) is 6. The molecule has 0 aliphatic heterocycles. The van der Waals surface area contributed by atoms with Crippen LogP contribution in [0.1, 0.15) is 48.9 Å². The van der Waals surface area contributed by atoms with E-state index in [0.29, 0.717) is 17.3 Å². The Morgan fingerprint density at radius 2 is 1.45 bits per heavy atom. The van der Waals surface area contributed by atoms with Crippen molar-refractivity contribution < 1.29 is 18.1 Å². The highest BCUT2D eigenvalue weighted by molar-refractivity contribution is 7.90. The highest BCUT2D eigenvalue weighted by Crippen LogP contribution is 2.60. The highest BCUT2D eigenvalue weighted by atomic mass is 35.5. The van der Waals surface area contributed by atoms with Gasteiger partial charge in [-0.2, -0.15) is 0 Å². The number of amides is 1. The topological polar surface area (TPSA) is 118 Å². The fourth-order valence-electron chi connectivity index (χ4n) is 7.46. The number of nitrogens with one attached hydrogen (secondary N) is 2. The summed E-state index contributed by atoms with van der Waals surface area (Å²) in [7, 11) is -4.35. The maximum absolute atomic E-state index is 13.0. The second kappa shape index (κ2) is 10.2. The van der Waals surface area contributed by atoms with Gasteiger partial charge in [-0.15, -0.1) is 0 Å². The maximum Gasteiger partial charge on any atom is 0.293 e. The summed E-state index contributed by atoms with van der Waals surface area (Å²) in [6.45, 7) is 0.645. The van der Waals surface area contributed by atoms with Crippen molar-refractivity contribution in [3.05, 3.63) is 87.4 Å². The first-order chi connectivity index (χ1) is 19.1. The summed E-state index contributed by atoms with van der Waals surface area (Å²) < 4.78 is 28.1. The van der Waals surface area contributed by atoms with Crippen LogP contribution in [-0.4, -0.2) is 25.8 Å². The monoisotopic (exact) mass is 579 g/mol. The molecule has 4 bridgehead atoms. The van der Waals surface area contributed by atoms with Crippen molar-refractivity contribution in [3.8, 4) is 11.1 Å². The molecule has 4 saturated carbocycles. The van der Waals surface area contributed by atoms with Crippen LogP contribution in [0.5, 0.6) is 0 Å². The zero-order chi connectivity index (χ0) is 28.1. The average Bonchev–Trinajstić information content (AvgIpc) is 2.91. The number of sulfonamides is 1. The Bertz CT molecular complexity index is 1540. The Balaban J connectivity index is 1.16. The van der Waals surface area contributed by atoms with Crippen LogP contribution >= 0.6 is 11.6 Å². The van der Waals surface area contributed by atoms with Crippen LogP contribution in [0.2, 0.25) is 5.02 Å². The van der Waals surface area contributed by atoms with E-state index in [4.69, 9.17) is 11.6 Å². The van der Waals surface area contributed by atoms with Gasteiger partial charge in [0.25, 0.3) is 21.6 Å². The first kappa shape index (κ1) is 26.8. The van der Waals surface area contributed by atoms with Gasteiger partial charge in [0.2, 0.25) is 0 Å². The van der Waals surface area contributed by atoms with E-state index in [-0.39, 0.29) is 21.6 Å². The average molecular weight is 580 g/mol. The van der Waals surface area contributed by atoms with Crippen LogP contribution in [0, 0.1) is 33.3 Å². The van der Waals surface area contributed by atoms with Gasteiger partial charge >= 0.3 is 0 Å². The first-order valence-electron chi connectivity index (χ1n) is 13.5. The standard InChI is InChI=1S/C30H30ClN3O5S/c31-25-7-5-23(6-8-25)22-1-3-24(4-2-22)29(35)33-40(38,39)26-9-10-27(28(14-26)34(36)37)32-18-30-15-19-11-20(16-30)13-21(12-19)17-30/h1-10,14,19-21,32H,11-13,15-18H2,(H,33,35). The first-order valence-corrected chi connectivity index (χ1v) is 15.4. The molecule has 208 valence electrons. The second-order valence-electron chi connectivity index (χ2n) is 11.7. The van der Waals surface area contributed by atoms with Crippen LogP contribution in [-0.2, 0) is 10.0 Å². The Hall–Kier alpha value is -3.43. The Morgan fingerprint density at radius 1 is 0.900 bits per heavy atom. The lowest BCUT2D eigenvalue weighted by molar-refractivity contribution is -0.384. The minimum absolute atomic E-state index is 0.143. The molecule has 0 spiro atoms.